The number of carbonyl (C=O) groups excluding carboxylic acids is 2. The maximum absolute atomic E-state index is 12.5. The molecule has 6 heteroatoms. The molecule has 0 aliphatic heterocycles. The van der Waals surface area contributed by atoms with Crippen molar-refractivity contribution in [3.8, 4) is 0 Å². The zero-order valence-corrected chi connectivity index (χ0v) is 13.6. The minimum Gasteiger partial charge on any atom is -0.469 e. The summed E-state index contributed by atoms with van der Waals surface area (Å²) < 4.78 is 4.80. The van der Waals surface area contributed by atoms with Crippen molar-refractivity contribution in [3.05, 3.63) is 64.9 Å². The van der Waals surface area contributed by atoms with Crippen LogP contribution in [0.5, 0.6) is 0 Å². The van der Waals surface area contributed by atoms with Gasteiger partial charge in [-0.1, -0.05) is 41.9 Å². The molecule has 1 heterocycles. The summed E-state index contributed by atoms with van der Waals surface area (Å²) in [4.78, 5) is 28.2. The van der Waals surface area contributed by atoms with Gasteiger partial charge in [0.1, 0.15) is 0 Å². The van der Waals surface area contributed by atoms with Crippen molar-refractivity contribution in [2.75, 3.05) is 7.11 Å². The number of ether oxygens (including phenoxy) is 1. The van der Waals surface area contributed by atoms with E-state index in [4.69, 9.17) is 16.3 Å². The second-order valence-electron chi connectivity index (χ2n) is 5.03. The van der Waals surface area contributed by atoms with Gasteiger partial charge in [0.15, 0.2) is 0 Å². The van der Waals surface area contributed by atoms with Crippen LogP contribution in [-0.4, -0.2) is 24.0 Å². The molecule has 0 aliphatic rings. The monoisotopic (exact) mass is 332 g/mol. The van der Waals surface area contributed by atoms with Crippen LogP contribution in [0, 0.1) is 5.92 Å². The Bertz CT molecular complexity index is 691. The smallest absolute Gasteiger partial charge is 0.310 e. The number of rotatable bonds is 5. The fraction of sp³-hybridized carbons (Fsp3) is 0.235. The molecule has 2 rings (SSSR count). The van der Waals surface area contributed by atoms with Gasteiger partial charge < -0.3 is 10.1 Å². The summed E-state index contributed by atoms with van der Waals surface area (Å²) in [6.07, 6.45) is 2.89. The number of pyridine rings is 1. The van der Waals surface area contributed by atoms with E-state index in [-0.39, 0.29) is 10.9 Å². The summed E-state index contributed by atoms with van der Waals surface area (Å²) in [6.45, 7) is 1.71. The zero-order chi connectivity index (χ0) is 16.8. The molecule has 0 unspecified atom stereocenters. The van der Waals surface area contributed by atoms with E-state index < -0.39 is 17.9 Å². The van der Waals surface area contributed by atoms with Crippen molar-refractivity contribution >= 4 is 23.5 Å². The Balaban J connectivity index is 2.30. The Kier molecular flexibility index (Phi) is 5.71. The van der Waals surface area contributed by atoms with E-state index in [9.17, 15) is 9.59 Å². The van der Waals surface area contributed by atoms with E-state index in [1.807, 2.05) is 30.3 Å². The molecular formula is C17H17ClN2O3. The normalized spacial score (nSPS) is 13.0. The van der Waals surface area contributed by atoms with Crippen LogP contribution in [0.1, 0.15) is 28.9 Å². The molecule has 0 radical (unpaired) electrons. The zero-order valence-electron chi connectivity index (χ0n) is 12.8. The van der Waals surface area contributed by atoms with Crippen molar-refractivity contribution in [1.29, 1.82) is 0 Å². The Morgan fingerprint density at radius 3 is 2.52 bits per heavy atom. The summed E-state index contributed by atoms with van der Waals surface area (Å²) in [5.41, 5.74) is 1.11. The number of halogens is 1. The Labute approximate surface area is 139 Å². The molecule has 2 aromatic rings. The van der Waals surface area contributed by atoms with E-state index in [1.165, 1.54) is 25.6 Å². The average Bonchev–Trinajstić information content (AvgIpc) is 2.59. The summed E-state index contributed by atoms with van der Waals surface area (Å²) >= 11 is 6.00. The van der Waals surface area contributed by atoms with Gasteiger partial charge in [0.25, 0.3) is 5.91 Å². The third-order valence-corrected chi connectivity index (χ3v) is 3.84. The van der Waals surface area contributed by atoms with E-state index >= 15 is 0 Å². The molecule has 23 heavy (non-hydrogen) atoms. The highest BCUT2D eigenvalue weighted by Crippen LogP contribution is 2.24. The highest BCUT2D eigenvalue weighted by molar-refractivity contribution is 6.33. The molecular weight excluding hydrogens is 316 g/mol. The maximum atomic E-state index is 12.5. The van der Waals surface area contributed by atoms with Gasteiger partial charge in [0.05, 0.1) is 29.7 Å². The number of carbonyl (C=O) groups is 2. The predicted octanol–water partition coefficient (Wildman–Crippen LogP) is 3.02. The van der Waals surface area contributed by atoms with Gasteiger partial charge in [-0.2, -0.15) is 0 Å². The van der Waals surface area contributed by atoms with Crippen molar-refractivity contribution in [1.82, 2.24) is 10.3 Å². The van der Waals surface area contributed by atoms with E-state index in [0.717, 1.165) is 5.56 Å². The minimum absolute atomic E-state index is 0.252. The standard InChI is InChI=1S/C17H17ClN2O3/c1-11(17(22)23-2)15(12-6-4-3-5-7-12)20-16(21)13-8-9-19-10-14(13)18/h3-11,15H,1-2H3,(H,20,21)/t11-,15+/m0/s1. The summed E-state index contributed by atoms with van der Waals surface area (Å²) in [6, 6.07) is 10.3. The van der Waals surface area contributed by atoms with Gasteiger partial charge in [-0.3, -0.25) is 14.6 Å². The first-order chi connectivity index (χ1) is 11.0. The molecule has 1 aromatic heterocycles. The number of esters is 1. The molecule has 0 spiro atoms. The number of nitrogens with zero attached hydrogens (tertiary/aromatic N) is 1. The average molecular weight is 333 g/mol. The highest BCUT2D eigenvalue weighted by atomic mass is 35.5. The lowest BCUT2D eigenvalue weighted by Gasteiger charge is -2.24. The third kappa shape index (κ3) is 4.07. The lowest BCUT2D eigenvalue weighted by atomic mass is 9.94. The quantitative estimate of drug-likeness (QED) is 0.855. The van der Waals surface area contributed by atoms with E-state index in [1.54, 1.807) is 6.92 Å². The first kappa shape index (κ1) is 17.0. The lowest BCUT2D eigenvalue weighted by Crippen LogP contribution is -2.36. The second-order valence-corrected chi connectivity index (χ2v) is 5.44. The van der Waals surface area contributed by atoms with Crippen LogP contribution in [-0.2, 0) is 9.53 Å². The molecule has 0 saturated carbocycles. The van der Waals surface area contributed by atoms with Gasteiger partial charge in [-0.15, -0.1) is 0 Å². The minimum atomic E-state index is -0.549. The van der Waals surface area contributed by atoms with Crippen LogP contribution >= 0.6 is 11.6 Å². The molecule has 0 bridgehead atoms. The van der Waals surface area contributed by atoms with Crippen LogP contribution in [0.2, 0.25) is 5.02 Å². The number of benzene rings is 1. The number of methoxy groups -OCH3 is 1. The number of hydrogen-bond acceptors (Lipinski definition) is 4. The van der Waals surface area contributed by atoms with Crippen LogP contribution in [0.15, 0.2) is 48.8 Å². The van der Waals surface area contributed by atoms with Crippen LogP contribution in [0.3, 0.4) is 0 Å². The lowest BCUT2D eigenvalue weighted by molar-refractivity contribution is -0.145. The summed E-state index contributed by atoms with van der Waals surface area (Å²) in [5, 5.41) is 3.11. The molecule has 120 valence electrons. The predicted molar refractivity (Wildman–Crippen MR) is 87.1 cm³/mol. The topological polar surface area (TPSA) is 68.3 Å². The fourth-order valence-electron chi connectivity index (χ4n) is 2.26. The molecule has 0 saturated heterocycles. The molecule has 2 atom stereocenters. The second kappa shape index (κ2) is 7.74. The number of amides is 1. The largest absolute Gasteiger partial charge is 0.469 e. The van der Waals surface area contributed by atoms with Crippen molar-refractivity contribution < 1.29 is 14.3 Å². The van der Waals surface area contributed by atoms with E-state index in [2.05, 4.69) is 10.3 Å². The molecule has 1 aromatic carbocycles. The van der Waals surface area contributed by atoms with Gasteiger partial charge >= 0.3 is 5.97 Å². The Morgan fingerprint density at radius 1 is 1.22 bits per heavy atom. The summed E-state index contributed by atoms with van der Waals surface area (Å²) in [5.74, 6) is -1.33. The van der Waals surface area contributed by atoms with E-state index in [0.29, 0.717) is 5.56 Å². The van der Waals surface area contributed by atoms with Crippen molar-refractivity contribution in [2.45, 2.75) is 13.0 Å². The number of hydrogen-bond donors (Lipinski definition) is 1. The van der Waals surface area contributed by atoms with Crippen molar-refractivity contribution in [3.63, 3.8) is 0 Å². The van der Waals surface area contributed by atoms with Gasteiger partial charge in [-0.05, 0) is 18.6 Å². The first-order valence-electron chi connectivity index (χ1n) is 7.07. The molecule has 0 fully saturated rings. The maximum Gasteiger partial charge on any atom is 0.310 e. The van der Waals surface area contributed by atoms with Gasteiger partial charge in [0, 0.05) is 12.4 Å². The highest BCUT2D eigenvalue weighted by Gasteiger charge is 2.28. The summed E-state index contributed by atoms with van der Waals surface area (Å²) in [7, 11) is 1.32. The fourth-order valence-corrected chi connectivity index (χ4v) is 2.46. The number of aromatic nitrogens is 1. The Hall–Kier alpha value is -2.40. The third-order valence-electron chi connectivity index (χ3n) is 3.54. The van der Waals surface area contributed by atoms with Gasteiger partial charge in [0.2, 0.25) is 0 Å². The van der Waals surface area contributed by atoms with Gasteiger partial charge in [-0.25, -0.2) is 0 Å². The van der Waals surface area contributed by atoms with Crippen LogP contribution in [0.4, 0.5) is 0 Å². The number of nitrogens with one attached hydrogen (secondary N) is 1. The molecule has 1 amide bonds. The first-order valence-corrected chi connectivity index (χ1v) is 7.45. The van der Waals surface area contributed by atoms with Crippen LogP contribution in [0.25, 0.3) is 0 Å². The molecule has 5 nitrogen and oxygen atoms in total. The molecule has 0 aliphatic carbocycles. The SMILES string of the molecule is COC(=O)[C@@H](C)[C@@H](NC(=O)c1ccncc1Cl)c1ccccc1. The van der Waals surface area contributed by atoms with Crippen molar-refractivity contribution in [2.24, 2.45) is 5.92 Å². The Morgan fingerprint density at radius 2 is 1.91 bits per heavy atom. The molecule has 1 N–H and O–H groups in total. The van der Waals surface area contributed by atoms with Crippen LogP contribution < -0.4 is 5.32 Å².